The molecule has 0 spiro atoms. The molecule has 0 amide bonds. The minimum Gasteiger partial charge on any atom is -0.316 e. The van der Waals surface area contributed by atoms with Crippen LogP contribution in [0.4, 0.5) is 13.2 Å². The van der Waals surface area contributed by atoms with E-state index in [0.717, 1.165) is 19.5 Å². The van der Waals surface area contributed by atoms with E-state index in [2.05, 4.69) is 17.6 Å². The Morgan fingerprint density at radius 3 is 2.53 bits per heavy atom. The first-order chi connectivity index (χ1) is 7.86. The van der Waals surface area contributed by atoms with Crippen LogP contribution in [-0.2, 0) is 4.79 Å². The molecule has 6 heteroatoms. The summed E-state index contributed by atoms with van der Waals surface area (Å²) < 4.78 is 36.4. The first kappa shape index (κ1) is 14.4. The molecule has 2 N–H and O–H groups in total. The van der Waals surface area contributed by atoms with E-state index in [9.17, 15) is 18.0 Å². The maximum absolute atomic E-state index is 12.1. The van der Waals surface area contributed by atoms with E-state index in [1.165, 1.54) is 6.92 Å². The lowest BCUT2D eigenvalue weighted by atomic mass is 9.93. The minimum absolute atomic E-state index is 0.309. The zero-order valence-corrected chi connectivity index (χ0v) is 10.1. The lowest BCUT2D eigenvalue weighted by molar-refractivity contribution is -0.172. The Bertz CT molecular complexity index is 268. The van der Waals surface area contributed by atoms with Crippen molar-refractivity contribution in [3.8, 4) is 0 Å². The minimum atomic E-state index is -4.75. The second kappa shape index (κ2) is 5.82. The number of hydrogen-bond acceptors (Lipinski definition) is 3. The lowest BCUT2D eigenvalue weighted by Crippen LogP contribution is -2.44. The van der Waals surface area contributed by atoms with E-state index in [-0.39, 0.29) is 0 Å². The molecule has 1 aliphatic heterocycles. The molecule has 3 nitrogen and oxygen atoms in total. The number of halogens is 3. The summed E-state index contributed by atoms with van der Waals surface area (Å²) in [6.07, 6.45) is -3.74. The van der Waals surface area contributed by atoms with E-state index >= 15 is 0 Å². The van der Waals surface area contributed by atoms with Crippen LogP contribution in [0.5, 0.6) is 0 Å². The Labute approximate surface area is 99.1 Å². The maximum atomic E-state index is 12.1. The van der Waals surface area contributed by atoms with E-state index in [1.807, 2.05) is 0 Å². The molecular weight excluding hydrogens is 233 g/mol. The highest BCUT2D eigenvalue weighted by Crippen LogP contribution is 2.20. The van der Waals surface area contributed by atoms with Gasteiger partial charge in [0, 0.05) is 6.54 Å². The number of hydrogen-bond donors (Lipinski definition) is 2. The molecule has 0 aromatic rings. The molecule has 0 saturated carbocycles. The van der Waals surface area contributed by atoms with E-state index in [0.29, 0.717) is 18.4 Å². The van der Waals surface area contributed by atoms with Gasteiger partial charge in [0.05, 0.1) is 6.04 Å². The van der Waals surface area contributed by atoms with Gasteiger partial charge in [0.2, 0.25) is 0 Å². The number of carbonyl (C=O) groups is 1. The van der Waals surface area contributed by atoms with Crippen molar-refractivity contribution in [2.45, 2.75) is 32.5 Å². The first-order valence-electron chi connectivity index (χ1n) is 5.91. The summed E-state index contributed by atoms with van der Waals surface area (Å²) >= 11 is 0. The van der Waals surface area contributed by atoms with Crippen LogP contribution in [0.1, 0.15) is 20.3 Å². The zero-order chi connectivity index (χ0) is 13.1. The molecule has 17 heavy (non-hydrogen) atoms. The van der Waals surface area contributed by atoms with Gasteiger partial charge in [0.15, 0.2) is 0 Å². The largest absolute Gasteiger partial charge is 0.451 e. The summed E-state index contributed by atoms with van der Waals surface area (Å²) in [5.74, 6) is -0.907. The number of rotatable bonds is 5. The third-order valence-electron chi connectivity index (χ3n) is 3.36. The molecule has 0 radical (unpaired) electrons. The summed E-state index contributed by atoms with van der Waals surface area (Å²) in [5.41, 5.74) is 0. The molecule has 1 aliphatic rings. The van der Waals surface area contributed by atoms with Crippen molar-refractivity contribution in [1.29, 1.82) is 0 Å². The van der Waals surface area contributed by atoms with Crippen LogP contribution in [0.3, 0.4) is 0 Å². The van der Waals surface area contributed by atoms with Crippen LogP contribution < -0.4 is 10.6 Å². The summed E-state index contributed by atoms with van der Waals surface area (Å²) in [5, 5.41) is 5.90. The van der Waals surface area contributed by atoms with Crippen LogP contribution >= 0.6 is 0 Å². The molecule has 0 aromatic carbocycles. The van der Waals surface area contributed by atoms with Gasteiger partial charge in [-0.15, -0.1) is 0 Å². The van der Waals surface area contributed by atoms with Gasteiger partial charge >= 0.3 is 6.18 Å². The van der Waals surface area contributed by atoms with Gasteiger partial charge in [-0.25, -0.2) is 0 Å². The molecule has 100 valence electrons. The average molecular weight is 252 g/mol. The average Bonchev–Trinajstić information content (AvgIpc) is 2.70. The van der Waals surface area contributed by atoms with Crippen LogP contribution in [0.2, 0.25) is 0 Å². The standard InChI is InChI=1S/C11H19F3N2O/c1-3-8-4-15-5-9(8)6-16-7(2)10(17)11(12,13)14/h7-9,15-16H,3-6H2,1-2H3/t7?,8-,9-/m1/s1. The van der Waals surface area contributed by atoms with Gasteiger partial charge in [-0.05, 0) is 31.8 Å². The highest BCUT2D eigenvalue weighted by atomic mass is 19.4. The predicted octanol–water partition coefficient (Wildman–Crippen LogP) is 1.34. The van der Waals surface area contributed by atoms with Crippen LogP contribution in [0.25, 0.3) is 0 Å². The fourth-order valence-electron chi connectivity index (χ4n) is 2.17. The zero-order valence-electron chi connectivity index (χ0n) is 10.1. The lowest BCUT2D eigenvalue weighted by Gasteiger charge is -2.20. The van der Waals surface area contributed by atoms with Gasteiger partial charge in [-0.2, -0.15) is 13.2 Å². The molecule has 3 atom stereocenters. The summed E-state index contributed by atoms with van der Waals surface area (Å²) in [7, 11) is 0. The summed E-state index contributed by atoms with van der Waals surface area (Å²) in [6.45, 7) is 5.49. The Morgan fingerprint density at radius 1 is 1.41 bits per heavy atom. The summed E-state index contributed by atoms with van der Waals surface area (Å²) in [6, 6.07) is -1.16. The molecule has 1 saturated heterocycles. The molecule has 1 fully saturated rings. The van der Waals surface area contributed by atoms with Gasteiger partial charge in [-0.3, -0.25) is 4.79 Å². The number of ketones is 1. The second-order valence-corrected chi connectivity index (χ2v) is 4.58. The van der Waals surface area contributed by atoms with Crippen molar-refractivity contribution in [3.63, 3.8) is 0 Å². The quantitative estimate of drug-likeness (QED) is 0.776. The van der Waals surface area contributed by atoms with Crippen LogP contribution in [0, 0.1) is 11.8 Å². The highest BCUT2D eigenvalue weighted by molar-refractivity contribution is 5.88. The van der Waals surface area contributed by atoms with E-state index < -0.39 is 18.0 Å². The monoisotopic (exact) mass is 252 g/mol. The molecule has 1 rings (SSSR count). The predicted molar refractivity (Wildman–Crippen MR) is 58.7 cm³/mol. The van der Waals surface area contributed by atoms with E-state index in [4.69, 9.17) is 0 Å². The Hall–Kier alpha value is -0.620. The molecule has 0 aliphatic carbocycles. The van der Waals surface area contributed by atoms with Crippen molar-refractivity contribution in [2.24, 2.45) is 11.8 Å². The van der Waals surface area contributed by atoms with Gasteiger partial charge in [0.25, 0.3) is 5.78 Å². The normalized spacial score (nSPS) is 27.1. The van der Waals surface area contributed by atoms with Crippen LogP contribution in [0.15, 0.2) is 0 Å². The first-order valence-corrected chi connectivity index (χ1v) is 5.91. The molecule has 0 bridgehead atoms. The van der Waals surface area contributed by atoms with Gasteiger partial charge in [0.1, 0.15) is 0 Å². The number of alkyl halides is 3. The van der Waals surface area contributed by atoms with Gasteiger partial charge < -0.3 is 10.6 Å². The number of nitrogens with one attached hydrogen (secondary N) is 2. The highest BCUT2D eigenvalue weighted by Gasteiger charge is 2.41. The second-order valence-electron chi connectivity index (χ2n) is 4.58. The number of Topliss-reactive ketones (excluding diaryl/α,β-unsaturated/α-hetero) is 1. The van der Waals surface area contributed by atoms with Crippen molar-refractivity contribution >= 4 is 5.78 Å². The maximum Gasteiger partial charge on any atom is 0.451 e. The fourth-order valence-corrected chi connectivity index (χ4v) is 2.17. The Kier molecular flexibility index (Phi) is 4.94. The van der Waals surface area contributed by atoms with Crippen molar-refractivity contribution < 1.29 is 18.0 Å². The topological polar surface area (TPSA) is 41.1 Å². The third-order valence-corrected chi connectivity index (χ3v) is 3.36. The van der Waals surface area contributed by atoms with Crippen molar-refractivity contribution in [1.82, 2.24) is 10.6 Å². The smallest absolute Gasteiger partial charge is 0.316 e. The summed E-state index contributed by atoms with van der Waals surface area (Å²) in [4.78, 5) is 10.9. The molecular formula is C11H19F3N2O. The van der Waals surface area contributed by atoms with E-state index in [1.54, 1.807) is 0 Å². The van der Waals surface area contributed by atoms with Crippen molar-refractivity contribution in [3.05, 3.63) is 0 Å². The Balaban J connectivity index is 2.38. The van der Waals surface area contributed by atoms with Gasteiger partial charge in [-0.1, -0.05) is 13.3 Å². The third kappa shape index (κ3) is 3.96. The Morgan fingerprint density at radius 2 is 2.00 bits per heavy atom. The fraction of sp³-hybridized carbons (Fsp3) is 0.909. The number of carbonyl (C=O) groups excluding carboxylic acids is 1. The molecule has 1 heterocycles. The molecule has 0 aromatic heterocycles. The van der Waals surface area contributed by atoms with Crippen LogP contribution in [-0.4, -0.2) is 37.6 Å². The van der Waals surface area contributed by atoms with Crippen molar-refractivity contribution in [2.75, 3.05) is 19.6 Å². The molecule has 1 unspecified atom stereocenters. The SMILES string of the molecule is CC[C@@H]1CNC[C@@H]1CNC(C)C(=O)C(F)(F)F.